The van der Waals surface area contributed by atoms with Gasteiger partial charge in [-0.3, -0.25) is 4.90 Å². The largest absolute Gasteiger partial charge is 0.375 e. The first-order chi connectivity index (χ1) is 6.68. The van der Waals surface area contributed by atoms with E-state index in [2.05, 4.69) is 23.9 Å². The maximum Gasteiger partial charge on any atom is 0.180 e. The Labute approximate surface area is 88.9 Å². The smallest absolute Gasteiger partial charge is 0.180 e. The monoisotopic (exact) mass is 211 g/mol. The van der Waals surface area contributed by atoms with E-state index in [-0.39, 0.29) is 0 Å². The first-order valence-electron chi connectivity index (χ1n) is 5.11. The first-order valence-corrected chi connectivity index (χ1v) is 5.93. The number of hydrogen-bond donors (Lipinski definition) is 1. The standard InChI is InChI=1S/C10H17N3S/c1-7-9(12-10(11)14-7)8-5-3-4-6-13(8)2/h8H,3-6H2,1-2H3,(H2,11,12). The quantitative estimate of drug-likeness (QED) is 0.774. The molecule has 2 rings (SSSR count). The summed E-state index contributed by atoms with van der Waals surface area (Å²) in [4.78, 5) is 8.11. The lowest BCUT2D eigenvalue weighted by molar-refractivity contribution is 0.184. The number of likely N-dealkylation sites (tertiary alicyclic amines) is 1. The summed E-state index contributed by atoms with van der Waals surface area (Å²) in [7, 11) is 2.18. The highest BCUT2D eigenvalue weighted by Gasteiger charge is 2.24. The number of anilines is 1. The van der Waals surface area contributed by atoms with E-state index >= 15 is 0 Å². The molecule has 0 bridgehead atoms. The topological polar surface area (TPSA) is 42.1 Å². The van der Waals surface area contributed by atoms with Gasteiger partial charge in [0.1, 0.15) is 0 Å². The number of aromatic nitrogens is 1. The van der Waals surface area contributed by atoms with E-state index in [4.69, 9.17) is 5.73 Å². The van der Waals surface area contributed by atoms with Crippen LogP contribution < -0.4 is 5.73 Å². The van der Waals surface area contributed by atoms with Crippen molar-refractivity contribution in [2.24, 2.45) is 0 Å². The first kappa shape index (κ1) is 9.93. The van der Waals surface area contributed by atoms with Gasteiger partial charge in [-0.15, -0.1) is 11.3 Å². The molecule has 0 spiro atoms. The van der Waals surface area contributed by atoms with Crippen LogP contribution in [0.15, 0.2) is 0 Å². The fraction of sp³-hybridized carbons (Fsp3) is 0.700. The van der Waals surface area contributed by atoms with Crippen LogP contribution in [0.5, 0.6) is 0 Å². The molecule has 0 aromatic carbocycles. The second-order valence-electron chi connectivity index (χ2n) is 3.99. The van der Waals surface area contributed by atoms with Gasteiger partial charge in [0.05, 0.1) is 11.7 Å². The van der Waals surface area contributed by atoms with Gasteiger partial charge in [0.15, 0.2) is 5.13 Å². The van der Waals surface area contributed by atoms with Crippen LogP contribution in [0.1, 0.15) is 35.9 Å². The van der Waals surface area contributed by atoms with Crippen LogP contribution in [0.2, 0.25) is 0 Å². The fourth-order valence-corrected chi connectivity index (χ4v) is 2.90. The number of hydrogen-bond acceptors (Lipinski definition) is 4. The lowest BCUT2D eigenvalue weighted by atomic mass is 10.00. The second kappa shape index (κ2) is 3.87. The third-order valence-electron chi connectivity index (χ3n) is 2.94. The summed E-state index contributed by atoms with van der Waals surface area (Å²) in [6.07, 6.45) is 3.85. The van der Waals surface area contributed by atoms with Crippen LogP contribution in [0.4, 0.5) is 5.13 Å². The minimum absolute atomic E-state index is 0.497. The van der Waals surface area contributed by atoms with Gasteiger partial charge in [0, 0.05) is 4.88 Å². The third-order valence-corrected chi connectivity index (χ3v) is 3.75. The van der Waals surface area contributed by atoms with Gasteiger partial charge < -0.3 is 5.73 Å². The molecule has 1 aliphatic rings. The van der Waals surface area contributed by atoms with E-state index < -0.39 is 0 Å². The molecule has 2 N–H and O–H groups in total. The predicted molar refractivity (Wildman–Crippen MR) is 60.5 cm³/mol. The molecule has 4 heteroatoms. The zero-order valence-corrected chi connectivity index (χ0v) is 9.60. The Balaban J connectivity index is 2.24. The number of thiazole rings is 1. The van der Waals surface area contributed by atoms with Crippen molar-refractivity contribution in [3.63, 3.8) is 0 Å². The molecule has 3 nitrogen and oxygen atoms in total. The molecule has 1 saturated heterocycles. The Morgan fingerprint density at radius 2 is 2.29 bits per heavy atom. The van der Waals surface area contributed by atoms with Crippen LogP contribution in [0.25, 0.3) is 0 Å². The number of nitrogen functional groups attached to an aromatic ring is 1. The molecule has 14 heavy (non-hydrogen) atoms. The van der Waals surface area contributed by atoms with Crippen LogP contribution >= 0.6 is 11.3 Å². The van der Waals surface area contributed by atoms with Crippen molar-refractivity contribution in [1.29, 1.82) is 0 Å². The molecule has 0 radical (unpaired) electrons. The Kier molecular flexibility index (Phi) is 2.74. The van der Waals surface area contributed by atoms with Gasteiger partial charge in [-0.05, 0) is 33.4 Å². The average molecular weight is 211 g/mol. The summed E-state index contributed by atoms with van der Waals surface area (Å²) in [5.74, 6) is 0. The molecule has 0 aliphatic carbocycles. The third kappa shape index (κ3) is 1.77. The molecule has 0 saturated carbocycles. The van der Waals surface area contributed by atoms with Gasteiger partial charge in [-0.1, -0.05) is 6.42 Å². The highest BCUT2D eigenvalue weighted by molar-refractivity contribution is 7.15. The highest BCUT2D eigenvalue weighted by atomic mass is 32.1. The zero-order chi connectivity index (χ0) is 10.1. The maximum atomic E-state index is 5.72. The summed E-state index contributed by atoms with van der Waals surface area (Å²) in [6, 6.07) is 0.497. The van der Waals surface area contributed by atoms with Crippen molar-refractivity contribution in [2.75, 3.05) is 19.3 Å². The fourth-order valence-electron chi connectivity index (χ4n) is 2.16. The van der Waals surface area contributed by atoms with Gasteiger partial charge >= 0.3 is 0 Å². The molecule has 1 aliphatic heterocycles. The van der Waals surface area contributed by atoms with E-state index in [0.29, 0.717) is 11.2 Å². The lowest BCUT2D eigenvalue weighted by Gasteiger charge is -2.31. The molecular weight excluding hydrogens is 194 g/mol. The zero-order valence-electron chi connectivity index (χ0n) is 8.79. The SMILES string of the molecule is Cc1sc(N)nc1C1CCCCN1C. The molecule has 1 fully saturated rings. The summed E-state index contributed by atoms with van der Waals surface area (Å²) in [6.45, 7) is 3.30. The average Bonchev–Trinajstić information content (AvgIpc) is 2.46. The second-order valence-corrected chi connectivity index (χ2v) is 5.22. The number of nitrogens with two attached hydrogens (primary N) is 1. The Morgan fingerprint density at radius 1 is 1.50 bits per heavy atom. The molecular formula is C10H17N3S. The van der Waals surface area contributed by atoms with E-state index in [0.717, 1.165) is 0 Å². The highest BCUT2D eigenvalue weighted by Crippen LogP contribution is 2.33. The van der Waals surface area contributed by atoms with Gasteiger partial charge in [0.2, 0.25) is 0 Å². The van der Waals surface area contributed by atoms with Crippen molar-refractivity contribution in [1.82, 2.24) is 9.88 Å². The summed E-state index contributed by atoms with van der Waals surface area (Å²) < 4.78 is 0. The molecule has 0 amide bonds. The minimum atomic E-state index is 0.497. The Bertz CT molecular complexity index is 321. The van der Waals surface area contributed by atoms with Gasteiger partial charge in [0.25, 0.3) is 0 Å². The van der Waals surface area contributed by atoms with Crippen molar-refractivity contribution in [3.8, 4) is 0 Å². The molecule has 2 heterocycles. The molecule has 1 atom stereocenters. The van der Waals surface area contributed by atoms with Crippen LogP contribution in [0.3, 0.4) is 0 Å². The number of nitrogens with zero attached hydrogens (tertiary/aromatic N) is 2. The van der Waals surface area contributed by atoms with Crippen molar-refractivity contribution in [3.05, 3.63) is 10.6 Å². The summed E-state index contributed by atoms with van der Waals surface area (Å²) >= 11 is 1.60. The minimum Gasteiger partial charge on any atom is -0.375 e. The number of rotatable bonds is 1. The summed E-state index contributed by atoms with van der Waals surface area (Å²) in [5.41, 5.74) is 6.92. The van der Waals surface area contributed by atoms with E-state index in [1.165, 1.54) is 36.4 Å². The van der Waals surface area contributed by atoms with Crippen molar-refractivity contribution < 1.29 is 0 Å². The number of piperidine rings is 1. The normalized spacial score (nSPS) is 24.0. The van der Waals surface area contributed by atoms with E-state index in [1.807, 2.05) is 0 Å². The Morgan fingerprint density at radius 3 is 2.86 bits per heavy atom. The predicted octanol–water partition coefficient (Wildman–Crippen LogP) is 2.19. The van der Waals surface area contributed by atoms with Crippen LogP contribution in [-0.2, 0) is 0 Å². The van der Waals surface area contributed by atoms with Gasteiger partial charge in [-0.2, -0.15) is 0 Å². The van der Waals surface area contributed by atoms with Crippen LogP contribution in [-0.4, -0.2) is 23.5 Å². The lowest BCUT2D eigenvalue weighted by Crippen LogP contribution is -2.30. The van der Waals surface area contributed by atoms with E-state index in [9.17, 15) is 0 Å². The summed E-state index contributed by atoms with van der Waals surface area (Å²) in [5, 5.41) is 0.705. The molecule has 1 aromatic rings. The molecule has 78 valence electrons. The molecule has 1 unspecified atom stereocenters. The van der Waals surface area contributed by atoms with Crippen LogP contribution in [0, 0.1) is 6.92 Å². The molecule has 1 aromatic heterocycles. The maximum absolute atomic E-state index is 5.72. The van der Waals surface area contributed by atoms with E-state index in [1.54, 1.807) is 11.3 Å². The number of aryl methyl sites for hydroxylation is 1. The van der Waals surface area contributed by atoms with Gasteiger partial charge in [-0.25, -0.2) is 4.98 Å². The van der Waals surface area contributed by atoms with Crippen molar-refractivity contribution >= 4 is 16.5 Å². The van der Waals surface area contributed by atoms with Crippen molar-refractivity contribution in [2.45, 2.75) is 32.2 Å². The Hall–Kier alpha value is -0.610.